The summed E-state index contributed by atoms with van der Waals surface area (Å²) < 4.78 is 36.8. The fourth-order valence-electron chi connectivity index (χ4n) is 3.02. The number of nitrogens with one attached hydrogen (secondary N) is 2. The van der Waals surface area contributed by atoms with Gasteiger partial charge in [-0.05, 0) is 48.5 Å². The number of hydrogen-bond donors (Lipinski definition) is 2. The Morgan fingerprint density at radius 3 is 2.09 bits per heavy atom. The minimum atomic E-state index is -3.64. The lowest BCUT2D eigenvalue weighted by Gasteiger charge is -2.26. The smallest absolute Gasteiger partial charge is 0.338 e. The van der Waals surface area contributed by atoms with Crippen LogP contribution in [0.3, 0.4) is 0 Å². The van der Waals surface area contributed by atoms with Crippen molar-refractivity contribution in [3.8, 4) is 6.07 Å². The minimum Gasteiger partial charge on any atom is -0.452 e. The molecule has 1 aliphatic rings. The molecule has 0 radical (unpaired) electrons. The number of amides is 2. The highest BCUT2D eigenvalue weighted by molar-refractivity contribution is 7.89. The zero-order valence-corrected chi connectivity index (χ0v) is 18.8. The topological polar surface area (TPSA) is 155 Å². The van der Waals surface area contributed by atoms with Crippen molar-refractivity contribution in [2.24, 2.45) is 0 Å². The molecular weight excluding hydrogens is 464 g/mol. The Hall–Kier alpha value is -3.79. The Bertz CT molecular complexity index is 1180. The van der Waals surface area contributed by atoms with Gasteiger partial charge in [0.05, 0.1) is 29.7 Å². The van der Waals surface area contributed by atoms with Crippen LogP contribution in [-0.4, -0.2) is 63.4 Å². The lowest BCUT2D eigenvalue weighted by molar-refractivity contribution is -0.119. The van der Waals surface area contributed by atoms with Crippen LogP contribution in [0.5, 0.6) is 0 Å². The van der Waals surface area contributed by atoms with Crippen molar-refractivity contribution >= 4 is 39.2 Å². The van der Waals surface area contributed by atoms with Crippen LogP contribution in [0.4, 0.5) is 11.4 Å². The number of sulfonamides is 1. The van der Waals surface area contributed by atoms with Crippen LogP contribution in [0.25, 0.3) is 0 Å². The molecule has 12 heteroatoms. The fourth-order valence-corrected chi connectivity index (χ4v) is 4.43. The first kappa shape index (κ1) is 24.8. The van der Waals surface area contributed by atoms with Crippen LogP contribution in [-0.2, 0) is 29.1 Å². The van der Waals surface area contributed by atoms with Gasteiger partial charge >= 0.3 is 5.97 Å². The molecule has 1 fully saturated rings. The molecule has 2 amide bonds. The summed E-state index contributed by atoms with van der Waals surface area (Å²) >= 11 is 0. The van der Waals surface area contributed by atoms with E-state index in [0.717, 1.165) is 0 Å². The number of benzene rings is 2. The molecule has 1 saturated heterocycles. The Kier molecular flexibility index (Phi) is 8.31. The number of ether oxygens (including phenoxy) is 2. The van der Waals surface area contributed by atoms with Crippen molar-refractivity contribution < 1.29 is 32.3 Å². The number of anilines is 2. The second kappa shape index (κ2) is 11.4. The quantitative estimate of drug-likeness (QED) is 0.530. The Balaban J connectivity index is 1.49. The maximum atomic E-state index is 12.6. The van der Waals surface area contributed by atoms with E-state index in [2.05, 4.69) is 10.6 Å². The molecule has 178 valence electrons. The minimum absolute atomic E-state index is 0.103. The van der Waals surface area contributed by atoms with Crippen LogP contribution < -0.4 is 10.6 Å². The third kappa shape index (κ3) is 6.61. The van der Waals surface area contributed by atoms with Gasteiger partial charge in [-0.2, -0.15) is 9.57 Å². The first-order chi connectivity index (χ1) is 16.3. The molecule has 0 spiro atoms. The summed E-state index contributed by atoms with van der Waals surface area (Å²) in [6.45, 7) is 0.701. The Morgan fingerprint density at radius 2 is 1.50 bits per heavy atom. The van der Waals surface area contributed by atoms with Crippen LogP contribution in [0.2, 0.25) is 0 Å². The molecule has 0 saturated carbocycles. The molecule has 3 rings (SSSR count). The van der Waals surface area contributed by atoms with Gasteiger partial charge in [-0.25, -0.2) is 13.2 Å². The van der Waals surface area contributed by atoms with E-state index in [9.17, 15) is 22.8 Å². The predicted molar refractivity (Wildman–Crippen MR) is 120 cm³/mol. The zero-order valence-electron chi connectivity index (χ0n) is 18.0. The van der Waals surface area contributed by atoms with Crippen molar-refractivity contribution in [2.45, 2.75) is 11.3 Å². The lowest BCUT2D eigenvalue weighted by atomic mass is 10.2. The first-order valence-corrected chi connectivity index (χ1v) is 11.7. The summed E-state index contributed by atoms with van der Waals surface area (Å²) in [6.07, 6.45) is -0.286. The molecule has 34 heavy (non-hydrogen) atoms. The van der Waals surface area contributed by atoms with Crippen LogP contribution in [0.1, 0.15) is 16.8 Å². The van der Waals surface area contributed by atoms with Crippen LogP contribution in [0, 0.1) is 11.3 Å². The molecular formula is C22H22N4O7S. The highest BCUT2D eigenvalue weighted by Crippen LogP contribution is 2.19. The number of hydrogen-bond acceptors (Lipinski definition) is 8. The van der Waals surface area contributed by atoms with E-state index in [1.54, 1.807) is 6.07 Å². The van der Waals surface area contributed by atoms with E-state index in [1.807, 2.05) is 0 Å². The van der Waals surface area contributed by atoms with Crippen LogP contribution in [0.15, 0.2) is 53.4 Å². The average molecular weight is 487 g/mol. The van der Waals surface area contributed by atoms with E-state index in [-0.39, 0.29) is 30.0 Å². The van der Waals surface area contributed by atoms with Crippen molar-refractivity contribution in [3.05, 3.63) is 54.1 Å². The van der Waals surface area contributed by atoms with Gasteiger partial charge in [-0.3, -0.25) is 9.59 Å². The Labute approximate surface area is 196 Å². The number of carbonyl (C=O) groups excluding carboxylic acids is 3. The second-order valence-electron chi connectivity index (χ2n) is 7.13. The molecule has 0 aromatic heterocycles. The fraction of sp³-hybridized carbons (Fsp3) is 0.273. The summed E-state index contributed by atoms with van der Waals surface area (Å²) in [5, 5.41) is 13.5. The molecule has 1 heterocycles. The van der Waals surface area contributed by atoms with Gasteiger partial charge in [0, 0.05) is 24.5 Å². The zero-order chi connectivity index (χ0) is 24.6. The maximum Gasteiger partial charge on any atom is 0.338 e. The largest absolute Gasteiger partial charge is 0.452 e. The van der Waals surface area contributed by atoms with Gasteiger partial charge in [0.25, 0.3) is 5.91 Å². The maximum absolute atomic E-state index is 12.6. The third-order valence-corrected chi connectivity index (χ3v) is 6.64. The monoisotopic (exact) mass is 486 g/mol. The molecule has 0 unspecified atom stereocenters. The summed E-state index contributed by atoms with van der Waals surface area (Å²) in [4.78, 5) is 35.7. The van der Waals surface area contributed by atoms with Gasteiger partial charge in [-0.1, -0.05) is 0 Å². The summed E-state index contributed by atoms with van der Waals surface area (Å²) in [5.41, 5.74) is 0.928. The molecule has 0 bridgehead atoms. The van der Waals surface area contributed by atoms with Gasteiger partial charge in [0.2, 0.25) is 15.9 Å². The van der Waals surface area contributed by atoms with E-state index >= 15 is 0 Å². The number of carbonyl (C=O) groups is 3. The molecule has 2 aromatic carbocycles. The SMILES string of the molecule is N#CCC(=O)Nc1ccc(C(=O)OCC(=O)Nc2ccc(S(=O)(=O)N3CCOCC3)cc2)cc1. The molecule has 11 nitrogen and oxygen atoms in total. The summed E-state index contributed by atoms with van der Waals surface area (Å²) in [7, 11) is -3.64. The van der Waals surface area contributed by atoms with E-state index < -0.39 is 34.4 Å². The molecule has 2 aromatic rings. The van der Waals surface area contributed by atoms with Crippen LogP contribution >= 0.6 is 0 Å². The normalized spacial score (nSPS) is 14.0. The lowest BCUT2D eigenvalue weighted by Crippen LogP contribution is -2.40. The number of nitriles is 1. The van der Waals surface area contributed by atoms with Crippen molar-refractivity contribution in [1.29, 1.82) is 5.26 Å². The number of nitrogens with zero attached hydrogens (tertiary/aromatic N) is 2. The van der Waals surface area contributed by atoms with Crippen molar-refractivity contribution in [2.75, 3.05) is 43.5 Å². The van der Waals surface area contributed by atoms with Crippen molar-refractivity contribution in [1.82, 2.24) is 4.31 Å². The van der Waals surface area contributed by atoms with Gasteiger partial charge in [-0.15, -0.1) is 0 Å². The molecule has 0 atom stereocenters. The number of esters is 1. The van der Waals surface area contributed by atoms with Gasteiger partial charge < -0.3 is 20.1 Å². The van der Waals surface area contributed by atoms with Crippen molar-refractivity contribution in [3.63, 3.8) is 0 Å². The standard InChI is InChI=1S/C22H22N4O7S/c23-10-9-20(27)24-17-3-1-16(2-4-17)22(29)33-15-21(28)25-18-5-7-19(8-6-18)34(30,31)26-11-13-32-14-12-26/h1-8H,9,11-15H2,(H,24,27)(H,25,28). The summed E-state index contributed by atoms with van der Waals surface area (Å²) in [6, 6.07) is 13.2. The van der Waals surface area contributed by atoms with E-state index in [4.69, 9.17) is 14.7 Å². The third-order valence-electron chi connectivity index (χ3n) is 4.72. The Morgan fingerprint density at radius 1 is 0.941 bits per heavy atom. The first-order valence-electron chi connectivity index (χ1n) is 10.2. The van der Waals surface area contributed by atoms with Gasteiger partial charge in [0.1, 0.15) is 6.42 Å². The summed E-state index contributed by atoms with van der Waals surface area (Å²) in [5.74, 6) is -1.81. The highest BCUT2D eigenvalue weighted by atomic mass is 32.2. The number of rotatable bonds is 8. The molecule has 1 aliphatic heterocycles. The predicted octanol–water partition coefficient (Wildman–Crippen LogP) is 1.36. The highest BCUT2D eigenvalue weighted by Gasteiger charge is 2.26. The second-order valence-corrected chi connectivity index (χ2v) is 9.06. The molecule has 0 aliphatic carbocycles. The average Bonchev–Trinajstić information content (AvgIpc) is 2.84. The molecule has 2 N–H and O–H groups in total. The number of morpholine rings is 1. The van der Waals surface area contributed by atoms with E-state index in [1.165, 1.54) is 52.8 Å². The van der Waals surface area contributed by atoms with E-state index in [0.29, 0.717) is 24.6 Å². The van der Waals surface area contributed by atoms with Gasteiger partial charge in [0.15, 0.2) is 6.61 Å².